The maximum Gasteiger partial charge on any atom is 0.216 e. The summed E-state index contributed by atoms with van der Waals surface area (Å²) in [5.74, 6) is 3.65. The molecular formula is C43H45N3O2. The molecule has 0 amide bonds. The maximum atomic E-state index is 6.72. The first-order valence-electron chi connectivity index (χ1n) is 17.4. The lowest BCUT2D eigenvalue weighted by atomic mass is 9.88. The van der Waals surface area contributed by atoms with Gasteiger partial charge in [-0.15, -0.1) is 0 Å². The van der Waals surface area contributed by atoms with Gasteiger partial charge < -0.3 is 9.47 Å². The van der Waals surface area contributed by atoms with E-state index < -0.39 is 0 Å². The fourth-order valence-corrected chi connectivity index (χ4v) is 7.04. The average Bonchev–Trinajstić information content (AvgIpc) is 3.72. The molecule has 7 rings (SSSR count). The van der Waals surface area contributed by atoms with Crippen LogP contribution in [0.1, 0.15) is 71.4 Å². The molecule has 0 aliphatic carbocycles. The number of fused-ring (bicyclic) bond motifs is 3. The minimum atomic E-state index is 0.00641. The Morgan fingerprint density at radius 3 is 2.25 bits per heavy atom. The molecule has 3 heterocycles. The molecular weight excluding hydrogens is 590 g/mol. The highest BCUT2D eigenvalue weighted by Crippen LogP contribution is 2.37. The second-order valence-electron chi connectivity index (χ2n) is 14.0. The first kappa shape index (κ1) is 31.7. The van der Waals surface area contributed by atoms with Crippen molar-refractivity contribution in [2.75, 3.05) is 6.61 Å². The molecule has 5 heteroatoms. The van der Waals surface area contributed by atoms with E-state index in [1.807, 2.05) is 12.3 Å². The molecule has 2 aromatic heterocycles. The summed E-state index contributed by atoms with van der Waals surface area (Å²) in [6, 6.07) is 36.2. The highest BCUT2D eigenvalue weighted by atomic mass is 16.5. The second-order valence-corrected chi connectivity index (χ2v) is 14.0. The fraction of sp³-hybridized carbons (Fsp3) is 0.302. The van der Waals surface area contributed by atoms with Gasteiger partial charge in [0.2, 0.25) is 5.90 Å². The van der Waals surface area contributed by atoms with E-state index in [9.17, 15) is 0 Å². The zero-order chi connectivity index (χ0) is 33.3. The van der Waals surface area contributed by atoms with Crippen molar-refractivity contribution < 1.29 is 9.47 Å². The van der Waals surface area contributed by atoms with Crippen LogP contribution in [-0.4, -0.2) is 28.1 Å². The number of para-hydroxylation sites is 1. The summed E-state index contributed by atoms with van der Waals surface area (Å²) < 4.78 is 15.3. The quantitative estimate of drug-likeness (QED) is 0.150. The predicted molar refractivity (Wildman–Crippen MR) is 199 cm³/mol. The third-order valence-electron chi connectivity index (χ3n) is 9.52. The third kappa shape index (κ3) is 6.34. The molecule has 1 aliphatic rings. The minimum Gasteiger partial charge on any atom is -0.475 e. The predicted octanol–water partition coefficient (Wildman–Crippen LogP) is 11.3. The molecule has 0 spiro atoms. The maximum absolute atomic E-state index is 6.72. The molecule has 0 radical (unpaired) electrons. The summed E-state index contributed by atoms with van der Waals surface area (Å²) in [7, 11) is 0. The van der Waals surface area contributed by atoms with Crippen LogP contribution in [0.4, 0.5) is 0 Å². The zero-order valence-corrected chi connectivity index (χ0v) is 28.7. The lowest BCUT2D eigenvalue weighted by Crippen LogP contribution is -2.19. The van der Waals surface area contributed by atoms with Gasteiger partial charge in [-0.25, -0.2) is 9.98 Å². The van der Waals surface area contributed by atoms with Crippen LogP contribution in [0.25, 0.3) is 38.8 Å². The van der Waals surface area contributed by atoms with Crippen LogP contribution in [0.5, 0.6) is 11.5 Å². The topological polar surface area (TPSA) is 48.6 Å². The summed E-state index contributed by atoms with van der Waals surface area (Å²) in [6.07, 6.45) is 6.58. The molecule has 4 aromatic carbocycles. The van der Waals surface area contributed by atoms with Crippen LogP contribution in [0.15, 0.2) is 114 Å². The molecule has 0 bridgehead atoms. The summed E-state index contributed by atoms with van der Waals surface area (Å²) in [5.41, 5.74) is 6.55. The van der Waals surface area contributed by atoms with Crippen LogP contribution in [0, 0.1) is 5.92 Å². The summed E-state index contributed by atoms with van der Waals surface area (Å²) in [5, 5.41) is 2.35. The normalized spacial score (nSPS) is 14.9. The van der Waals surface area contributed by atoms with Crippen molar-refractivity contribution in [2.45, 2.75) is 71.8 Å². The Morgan fingerprint density at radius 1 is 0.750 bits per heavy atom. The number of ether oxygens (including phenoxy) is 2. The second kappa shape index (κ2) is 13.3. The standard InChI is InChI=1S/C43H45N3O2/c1-6-13-30(14-7-2)38-28-47-42(45-38)32-23-31(29-15-9-8-10-16-29)24-35(25-32)48-34-19-20-37-36-17-11-12-18-39(36)46(40(37)27-34)41-26-33(21-22-44-41)43(3,4)5/h8-12,15-27,30,38H,6-7,13-14,28H2,1-5H3/t38-/m0/s1. The molecule has 1 aliphatic heterocycles. The Balaban J connectivity index is 1.31. The molecule has 0 saturated heterocycles. The van der Waals surface area contributed by atoms with E-state index in [1.54, 1.807) is 0 Å². The molecule has 0 N–H and O–H groups in total. The van der Waals surface area contributed by atoms with E-state index in [0.29, 0.717) is 18.4 Å². The lowest BCUT2D eigenvalue weighted by molar-refractivity contribution is 0.261. The number of aliphatic imine (C=N–C) groups is 1. The number of nitrogens with zero attached hydrogens (tertiary/aromatic N) is 3. The van der Waals surface area contributed by atoms with Crippen molar-refractivity contribution >= 4 is 27.7 Å². The van der Waals surface area contributed by atoms with Crippen LogP contribution in [-0.2, 0) is 10.2 Å². The minimum absolute atomic E-state index is 0.00641. The lowest BCUT2D eigenvalue weighted by Gasteiger charge is -2.20. The van der Waals surface area contributed by atoms with Crippen molar-refractivity contribution in [1.82, 2.24) is 9.55 Å². The van der Waals surface area contributed by atoms with Gasteiger partial charge in [0, 0.05) is 28.6 Å². The molecule has 6 aromatic rings. The van der Waals surface area contributed by atoms with Crippen molar-refractivity contribution in [1.29, 1.82) is 0 Å². The Morgan fingerprint density at radius 2 is 1.48 bits per heavy atom. The van der Waals surface area contributed by atoms with Gasteiger partial charge in [-0.3, -0.25) is 4.57 Å². The third-order valence-corrected chi connectivity index (χ3v) is 9.52. The largest absolute Gasteiger partial charge is 0.475 e. The van der Waals surface area contributed by atoms with Crippen molar-refractivity contribution in [2.24, 2.45) is 10.9 Å². The zero-order valence-electron chi connectivity index (χ0n) is 28.7. The van der Waals surface area contributed by atoms with E-state index in [1.165, 1.54) is 23.8 Å². The van der Waals surface area contributed by atoms with Crippen LogP contribution in [0.3, 0.4) is 0 Å². The number of rotatable bonds is 10. The fourth-order valence-electron chi connectivity index (χ4n) is 7.04. The Kier molecular flexibility index (Phi) is 8.79. The van der Waals surface area contributed by atoms with Crippen LogP contribution in [0.2, 0.25) is 0 Å². The van der Waals surface area contributed by atoms with E-state index in [4.69, 9.17) is 19.5 Å². The smallest absolute Gasteiger partial charge is 0.216 e. The van der Waals surface area contributed by atoms with Crippen LogP contribution >= 0.6 is 0 Å². The highest BCUT2D eigenvalue weighted by Gasteiger charge is 2.28. The van der Waals surface area contributed by atoms with Crippen molar-refractivity contribution in [3.8, 4) is 28.4 Å². The van der Waals surface area contributed by atoms with E-state index in [2.05, 4.69) is 136 Å². The summed E-state index contributed by atoms with van der Waals surface area (Å²) >= 11 is 0. The molecule has 0 saturated carbocycles. The van der Waals surface area contributed by atoms with Crippen LogP contribution < -0.4 is 4.74 Å². The van der Waals surface area contributed by atoms with Gasteiger partial charge in [-0.2, -0.15) is 0 Å². The molecule has 5 nitrogen and oxygen atoms in total. The molecule has 1 atom stereocenters. The summed E-state index contributed by atoms with van der Waals surface area (Å²) in [4.78, 5) is 9.99. The Labute approximate surface area is 284 Å². The van der Waals surface area contributed by atoms with Gasteiger partial charge in [0.1, 0.15) is 23.9 Å². The SMILES string of the molecule is CCCC(CCC)[C@@H]1COC(c2cc(Oc3ccc4c5ccccc5n(-c5cc(C(C)(C)C)ccn5)c4c3)cc(-c3ccccc3)c2)=N1. The van der Waals surface area contributed by atoms with E-state index >= 15 is 0 Å². The average molecular weight is 636 g/mol. The van der Waals surface area contributed by atoms with Gasteiger partial charge in [-0.05, 0) is 89.4 Å². The summed E-state index contributed by atoms with van der Waals surface area (Å²) in [6.45, 7) is 11.9. The van der Waals surface area contributed by atoms with Gasteiger partial charge in [-0.1, -0.05) is 96.0 Å². The number of hydrogen-bond donors (Lipinski definition) is 0. The monoisotopic (exact) mass is 635 g/mol. The first-order valence-corrected chi connectivity index (χ1v) is 17.4. The number of benzene rings is 4. The molecule has 48 heavy (non-hydrogen) atoms. The number of hydrogen-bond acceptors (Lipinski definition) is 4. The van der Waals surface area contributed by atoms with Gasteiger partial charge >= 0.3 is 0 Å². The van der Waals surface area contributed by atoms with Crippen molar-refractivity contribution in [3.63, 3.8) is 0 Å². The Bertz CT molecular complexity index is 2080. The molecule has 244 valence electrons. The van der Waals surface area contributed by atoms with Gasteiger partial charge in [0.25, 0.3) is 0 Å². The molecule has 0 fully saturated rings. The van der Waals surface area contributed by atoms with Gasteiger partial charge in [0.05, 0.1) is 17.1 Å². The number of pyridine rings is 1. The van der Waals surface area contributed by atoms with Crippen molar-refractivity contribution in [3.05, 3.63) is 120 Å². The highest BCUT2D eigenvalue weighted by molar-refractivity contribution is 6.09. The van der Waals surface area contributed by atoms with Gasteiger partial charge in [0.15, 0.2) is 0 Å². The van der Waals surface area contributed by atoms with E-state index in [-0.39, 0.29) is 11.5 Å². The molecule has 0 unspecified atom stereocenters. The number of aromatic nitrogens is 2. The first-order chi connectivity index (χ1) is 23.3. The van der Waals surface area contributed by atoms with E-state index in [0.717, 1.165) is 63.3 Å². The Hall–Kier alpha value is -4.90.